The molecule has 102 valence electrons. The molecule has 0 unspecified atom stereocenters. The van der Waals surface area contributed by atoms with Gasteiger partial charge in [-0.15, -0.1) is 0 Å². The lowest BCUT2D eigenvalue weighted by molar-refractivity contribution is -0.121. The van der Waals surface area contributed by atoms with Crippen molar-refractivity contribution in [2.75, 3.05) is 0 Å². The molecule has 0 radical (unpaired) electrons. The molecule has 1 amide bonds. The van der Waals surface area contributed by atoms with Crippen LogP contribution in [0.15, 0.2) is 23.1 Å². The Labute approximate surface area is 119 Å². The summed E-state index contributed by atoms with van der Waals surface area (Å²) in [5, 5.41) is 11.2. The Hall–Kier alpha value is -1.63. The second-order valence-electron chi connectivity index (χ2n) is 4.36. The van der Waals surface area contributed by atoms with Crippen LogP contribution < -0.4 is 5.32 Å². The van der Waals surface area contributed by atoms with Gasteiger partial charge in [0.05, 0.1) is 16.4 Å². The molecular formula is C12H16BrN5O. The molecule has 2 rings (SSSR count). The summed E-state index contributed by atoms with van der Waals surface area (Å²) in [6.07, 6.45) is 5.88. The van der Waals surface area contributed by atoms with Crippen molar-refractivity contribution in [3.8, 4) is 0 Å². The molecule has 0 bridgehead atoms. The Morgan fingerprint density at radius 1 is 1.47 bits per heavy atom. The maximum atomic E-state index is 11.7. The molecule has 0 saturated heterocycles. The standard InChI is InChI=1S/C12H16BrN5O/c1-9-10(7-17(2)16-9)5-14-12(19)3-4-18-8-11(13)6-15-18/h6-8H,3-5H2,1-2H3,(H,14,19). The number of nitrogens with one attached hydrogen (secondary N) is 1. The van der Waals surface area contributed by atoms with Crippen LogP contribution in [0.2, 0.25) is 0 Å². The van der Waals surface area contributed by atoms with Gasteiger partial charge in [0.1, 0.15) is 0 Å². The molecule has 0 fully saturated rings. The summed E-state index contributed by atoms with van der Waals surface area (Å²) in [4.78, 5) is 11.7. The summed E-state index contributed by atoms with van der Waals surface area (Å²) in [7, 11) is 1.87. The van der Waals surface area contributed by atoms with E-state index in [9.17, 15) is 4.79 Å². The molecule has 0 spiro atoms. The predicted octanol–water partition coefficient (Wildman–Crippen LogP) is 1.39. The van der Waals surface area contributed by atoms with Gasteiger partial charge in [-0.05, 0) is 22.9 Å². The molecule has 1 N–H and O–H groups in total. The fourth-order valence-electron chi connectivity index (χ4n) is 1.78. The van der Waals surface area contributed by atoms with Crippen molar-refractivity contribution >= 4 is 21.8 Å². The Morgan fingerprint density at radius 3 is 2.84 bits per heavy atom. The molecule has 0 aliphatic rings. The van der Waals surface area contributed by atoms with Crippen LogP contribution in [-0.4, -0.2) is 25.5 Å². The third-order valence-electron chi connectivity index (χ3n) is 2.76. The van der Waals surface area contributed by atoms with Gasteiger partial charge in [-0.25, -0.2) is 0 Å². The van der Waals surface area contributed by atoms with E-state index in [-0.39, 0.29) is 5.91 Å². The zero-order valence-electron chi connectivity index (χ0n) is 10.9. The number of carbonyl (C=O) groups is 1. The first kappa shape index (κ1) is 13.8. The molecule has 7 heteroatoms. The molecule has 19 heavy (non-hydrogen) atoms. The second-order valence-corrected chi connectivity index (χ2v) is 5.28. The zero-order valence-corrected chi connectivity index (χ0v) is 12.5. The maximum absolute atomic E-state index is 11.7. The third-order valence-corrected chi connectivity index (χ3v) is 3.17. The zero-order chi connectivity index (χ0) is 13.8. The molecule has 2 heterocycles. The van der Waals surface area contributed by atoms with Gasteiger partial charge in [0.2, 0.25) is 5.91 Å². The van der Waals surface area contributed by atoms with E-state index in [1.807, 2.05) is 26.4 Å². The number of halogens is 1. The Morgan fingerprint density at radius 2 is 2.26 bits per heavy atom. The molecule has 2 aromatic heterocycles. The van der Waals surface area contributed by atoms with E-state index in [0.717, 1.165) is 15.7 Å². The number of amides is 1. The number of rotatable bonds is 5. The minimum absolute atomic E-state index is 0.00914. The first-order valence-corrected chi connectivity index (χ1v) is 6.77. The number of carbonyl (C=O) groups excluding carboxylic acids is 1. The summed E-state index contributed by atoms with van der Waals surface area (Å²) in [5.74, 6) is 0.00914. The average molecular weight is 326 g/mol. The minimum atomic E-state index is 0.00914. The van der Waals surface area contributed by atoms with Gasteiger partial charge in [0.25, 0.3) is 0 Å². The lowest BCUT2D eigenvalue weighted by Crippen LogP contribution is -2.24. The van der Waals surface area contributed by atoms with Crippen molar-refractivity contribution in [2.24, 2.45) is 7.05 Å². The summed E-state index contributed by atoms with van der Waals surface area (Å²) in [6.45, 7) is 3.02. The van der Waals surface area contributed by atoms with Crippen LogP contribution in [0.1, 0.15) is 17.7 Å². The summed E-state index contributed by atoms with van der Waals surface area (Å²) < 4.78 is 4.40. The predicted molar refractivity (Wildman–Crippen MR) is 74.3 cm³/mol. The Bertz CT molecular complexity index is 574. The van der Waals surface area contributed by atoms with E-state index >= 15 is 0 Å². The Kier molecular flexibility index (Phi) is 4.36. The van der Waals surface area contributed by atoms with Crippen molar-refractivity contribution in [3.05, 3.63) is 34.3 Å². The first-order valence-electron chi connectivity index (χ1n) is 5.98. The molecule has 2 aromatic rings. The molecule has 6 nitrogen and oxygen atoms in total. The van der Waals surface area contributed by atoms with E-state index in [1.165, 1.54) is 0 Å². The van der Waals surface area contributed by atoms with E-state index in [1.54, 1.807) is 15.6 Å². The fourth-order valence-corrected chi connectivity index (χ4v) is 2.11. The van der Waals surface area contributed by atoms with E-state index in [4.69, 9.17) is 0 Å². The lowest BCUT2D eigenvalue weighted by atomic mass is 10.2. The highest BCUT2D eigenvalue weighted by molar-refractivity contribution is 9.10. The largest absolute Gasteiger partial charge is 0.352 e. The van der Waals surface area contributed by atoms with Gasteiger partial charge in [-0.2, -0.15) is 10.2 Å². The summed E-state index contributed by atoms with van der Waals surface area (Å²) in [6, 6.07) is 0. The second kappa shape index (κ2) is 6.01. The topological polar surface area (TPSA) is 64.7 Å². The van der Waals surface area contributed by atoms with Crippen LogP contribution in [0.4, 0.5) is 0 Å². The fraction of sp³-hybridized carbons (Fsp3) is 0.417. The van der Waals surface area contributed by atoms with Crippen molar-refractivity contribution in [3.63, 3.8) is 0 Å². The number of hydrogen-bond acceptors (Lipinski definition) is 3. The summed E-state index contributed by atoms with van der Waals surface area (Å²) in [5.41, 5.74) is 1.98. The third kappa shape index (κ3) is 3.92. The van der Waals surface area contributed by atoms with Crippen LogP contribution >= 0.6 is 15.9 Å². The van der Waals surface area contributed by atoms with E-state index in [2.05, 4.69) is 31.4 Å². The van der Waals surface area contributed by atoms with Crippen molar-refractivity contribution in [2.45, 2.75) is 26.4 Å². The highest BCUT2D eigenvalue weighted by Crippen LogP contribution is 2.07. The molecule has 0 atom stereocenters. The molecule has 0 saturated carbocycles. The minimum Gasteiger partial charge on any atom is -0.352 e. The maximum Gasteiger partial charge on any atom is 0.222 e. The molecule has 0 aliphatic carbocycles. The van der Waals surface area contributed by atoms with E-state index in [0.29, 0.717) is 19.5 Å². The van der Waals surface area contributed by atoms with Crippen molar-refractivity contribution in [1.82, 2.24) is 24.9 Å². The number of aromatic nitrogens is 4. The van der Waals surface area contributed by atoms with Crippen molar-refractivity contribution < 1.29 is 4.79 Å². The number of aryl methyl sites for hydroxylation is 3. The van der Waals surface area contributed by atoms with Crippen LogP contribution in [0.3, 0.4) is 0 Å². The first-order chi connectivity index (χ1) is 9.04. The highest BCUT2D eigenvalue weighted by atomic mass is 79.9. The van der Waals surface area contributed by atoms with Crippen LogP contribution in [0.5, 0.6) is 0 Å². The number of nitrogens with zero attached hydrogens (tertiary/aromatic N) is 4. The Balaban J connectivity index is 1.77. The van der Waals surface area contributed by atoms with Gasteiger partial charge >= 0.3 is 0 Å². The number of hydrogen-bond donors (Lipinski definition) is 1. The lowest BCUT2D eigenvalue weighted by Gasteiger charge is -2.04. The quantitative estimate of drug-likeness (QED) is 0.903. The summed E-state index contributed by atoms with van der Waals surface area (Å²) >= 11 is 3.32. The van der Waals surface area contributed by atoms with E-state index < -0.39 is 0 Å². The van der Waals surface area contributed by atoms with Gasteiger partial charge in [0.15, 0.2) is 0 Å². The van der Waals surface area contributed by atoms with Crippen LogP contribution in [0, 0.1) is 6.92 Å². The highest BCUT2D eigenvalue weighted by Gasteiger charge is 2.06. The SMILES string of the molecule is Cc1nn(C)cc1CNC(=O)CCn1cc(Br)cn1. The molecule has 0 aliphatic heterocycles. The van der Waals surface area contributed by atoms with Gasteiger partial charge in [-0.1, -0.05) is 0 Å². The average Bonchev–Trinajstić information content (AvgIpc) is 2.90. The molecular weight excluding hydrogens is 310 g/mol. The van der Waals surface area contributed by atoms with Gasteiger partial charge in [0, 0.05) is 44.5 Å². The van der Waals surface area contributed by atoms with Crippen LogP contribution in [-0.2, 0) is 24.9 Å². The molecule has 0 aromatic carbocycles. The van der Waals surface area contributed by atoms with Crippen LogP contribution in [0.25, 0.3) is 0 Å². The van der Waals surface area contributed by atoms with Crippen molar-refractivity contribution in [1.29, 1.82) is 0 Å². The normalized spacial score (nSPS) is 10.7. The van der Waals surface area contributed by atoms with Gasteiger partial charge in [-0.3, -0.25) is 14.2 Å². The smallest absolute Gasteiger partial charge is 0.222 e. The van der Waals surface area contributed by atoms with Gasteiger partial charge < -0.3 is 5.32 Å². The monoisotopic (exact) mass is 325 g/mol.